The van der Waals surface area contributed by atoms with Crippen LogP contribution in [0.4, 0.5) is 5.69 Å². The quantitative estimate of drug-likeness (QED) is 0.0459. The van der Waals surface area contributed by atoms with E-state index in [1.54, 1.807) is 24.3 Å². The molecule has 0 unspecified atom stereocenters. The number of rotatable bonds is 27. The molecule has 2 aromatic carbocycles. The van der Waals surface area contributed by atoms with Crippen molar-refractivity contribution < 1.29 is 19.1 Å². The maximum atomic E-state index is 12.8. The number of nitrogens with zero attached hydrogens (tertiary/aromatic N) is 1. The second kappa shape index (κ2) is 25.6. The molecule has 0 fully saturated rings. The molecule has 54 heavy (non-hydrogen) atoms. The number of carbonyl (C=O) groups excluding carboxylic acids is 3. The number of anilines is 1. The van der Waals surface area contributed by atoms with Crippen LogP contribution in [0.3, 0.4) is 0 Å². The van der Waals surface area contributed by atoms with E-state index in [-0.39, 0.29) is 24.2 Å². The van der Waals surface area contributed by atoms with Gasteiger partial charge >= 0.3 is 5.97 Å². The molecule has 1 heterocycles. The Morgan fingerprint density at radius 3 is 2.13 bits per heavy atom. The summed E-state index contributed by atoms with van der Waals surface area (Å²) in [5, 5.41) is 8.01. The van der Waals surface area contributed by atoms with Crippen molar-refractivity contribution >= 4 is 34.8 Å². The fraction of sp³-hybridized carbons (Fsp3) is 0.587. The van der Waals surface area contributed by atoms with Crippen molar-refractivity contribution in [2.24, 2.45) is 0 Å². The second-order valence-electron chi connectivity index (χ2n) is 15.1. The first-order valence-electron chi connectivity index (χ1n) is 21.2. The summed E-state index contributed by atoms with van der Waals surface area (Å²) in [6.45, 7) is 7.06. The van der Waals surface area contributed by atoms with Crippen LogP contribution in [0.5, 0.6) is 5.75 Å². The van der Waals surface area contributed by atoms with Crippen LogP contribution in [-0.4, -0.2) is 48.4 Å². The molecule has 296 valence electrons. The van der Waals surface area contributed by atoms with Crippen molar-refractivity contribution in [3.8, 4) is 5.75 Å². The SMILES string of the molecule is CCCCCCCCCCCCCCCC(=O)Nc1ccc(C(=O)NCCCC(=O)Oc2cccc3c2CC[C@H](N(CCC)CCc2cccs2)C3)cc1. The van der Waals surface area contributed by atoms with Gasteiger partial charge in [0.15, 0.2) is 0 Å². The van der Waals surface area contributed by atoms with E-state index < -0.39 is 0 Å². The van der Waals surface area contributed by atoms with Crippen LogP contribution in [0.15, 0.2) is 60.0 Å². The highest BCUT2D eigenvalue weighted by atomic mass is 32.1. The summed E-state index contributed by atoms with van der Waals surface area (Å²) in [5.74, 6) is 0.216. The monoisotopic (exact) mass is 757 g/mol. The van der Waals surface area contributed by atoms with E-state index in [1.807, 2.05) is 23.5 Å². The normalized spacial score (nSPS) is 13.8. The van der Waals surface area contributed by atoms with Crippen LogP contribution in [0.2, 0.25) is 0 Å². The number of ether oxygens (including phenoxy) is 1. The molecule has 7 nitrogen and oxygen atoms in total. The van der Waals surface area contributed by atoms with Gasteiger partial charge in [0.25, 0.3) is 5.91 Å². The Balaban J connectivity index is 1.06. The first-order valence-corrected chi connectivity index (χ1v) is 22.1. The minimum atomic E-state index is -0.276. The highest BCUT2D eigenvalue weighted by Crippen LogP contribution is 2.32. The number of amides is 2. The number of hydrogen-bond acceptors (Lipinski definition) is 6. The summed E-state index contributed by atoms with van der Waals surface area (Å²) < 4.78 is 5.86. The molecule has 0 spiro atoms. The number of carbonyl (C=O) groups is 3. The molecule has 2 amide bonds. The summed E-state index contributed by atoms with van der Waals surface area (Å²) in [6.07, 6.45) is 23.1. The molecule has 2 N–H and O–H groups in total. The largest absolute Gasteiger partial charge is 0.426 e. The highest BCUT2D eigenvalue weighted by molar-refractivity contribution is 7.09. The molecule has 3 aromatic rings. The zero-order valence-electron chi connectivity index (χ0n) is 33.3. The van der Waals surface area contributed by atoms with Gasteiger partial charge in [-0.3, -0.25) is 19.3 Å². The second-order valence-corrected chi connectivity index (χ2v) is 16.1. The Morgan fingerprint density at radius 1 is 0.759 bits per heavy atom. The number of unbranched alkanes of at least 4 members (excludes halogenated alkanes) is 12. The molecule has 8 heteroatoms. The van der Waals surface area contributed by atoms with Crippen molar-refractivity contribution in [1.29, 1.82) is 0 Å². The zero-order valence-corrected chi connectivity index (χ0v) is 34.1. The number of fused-ring (bicyclic) bond motifs is 1. The minimum absolute atomic E-state index is 0.0152. The molecule has 0 saturated heterocycles. The number of thiophene rings is 1. The maximum absolute atomic E-state index is 12.8. The predicted molar refractivity (Wildman–Crippen MR) is 225 cm³/mol. The molecule has 1 aromatic heterocycles. The molecular formula is C46H67N3O4S. The number of hydrogen-bond donors (Lipinski definition) is 2. The third-order valence-corrected chi connectivity index (χ3v) is 11.6. The van der Waals surface area contributed by atoms with Gasteiger partial charge < -0.3 is 15.4 Å². The van der Waals surface area contributed by atoms with Gasteiger partial charge in [-0.15, -0.1) is 11.3 Å². The molecular weight excluding hydrogens is 691 g/mol. The van der Waals surface area contributed by atoms with Crippen molar-refractivity contribution in [2.45, 2.75) is 155 Å². The Bertz CT molecular complexity index is 1510. The van der Waals surface area contributed by atoms with Crippen LogP contribution >= 0.6 is 11.3 Å². The Morgan fingerprint density at radius 2 is 1.46 bits per heavy atom. The molecule has 1 atom stereocenters. The topological polar surface area (TPSA) is 87.7 Å². The lowest BCUT2D eigenvalue weighted by atomic mass is 9.86. The van der Waals surface area contributed by atoms with Gasteiger partial charge in [-0.1, -0.05) is 109 Å². The minimum Gasteiger partial charge on any atom is -0.426 e. The Kier molecular flexibility index (Phi) is 20.5. The van der Waals surface area contributed by atoms with E-state index in [9.17, 15) is 14.4 Å². The van der Waals surface area contributed by atoms with E-state index in [0.717, 1.165) is 63.6 Å². The van der Waals surface area contributed by atoms with Gasteiger partial charge in [-0.25, -0.2) is 0 Å². The Hall–Kier alpha value is -3.49. The van der Waals surface area contributed by atoms with E-state index in [0.29, 0.717) is 42.4 Å². The van der Waals surface area contributed by atoms with Gasteiger partial charge in [0.05, 0.1) is 0 Å². The van der Waals surface area contributed by atoms with Crippen molar-refractivity contribution in [3.05, 3.63) is 81.5 Å². The molecule has 0 radical (unpaired) electrons. The van der Waals surface area contributed by atoms with Gasteiger partial charge in [-0.05, 0) is 104 Å². The first kappa shape index (κ1) is 43.2. The van der Waals surface area contributed by atoms with Gasteiger partial charge in [0.2, 0.25) is 5.91 Å². The lowest BCUT2D eigenvalue weighted by Gasteiger charge is -2.35. The molecule has 4 rings (SSSR count). The summed E-state index contributed by atoms with van der Waals surface area (Å²) in [7, 11) is 0. The molecule has 1 aliphatic rings. The summed E-state index contributed by atoms with van der Waals surface area (Å²) >= 11 is 1.83. The molecule has 0 saturated carbocycles. The number of nitrogens with one attached hydrogen (secondary N) is 2. The number of esters is 1. The van der Waals surface area contributed by atoms with Crippen LogP contribution < -0.4 is 15.4 Å². The predicted octanol–water partition coefficient (Wildman–Crippen LogP) is 11.1. The van der Waals surface area contributed by atoms with Gasteiger partial charge in [0.1, 0.15) is 5.75 Å². The van der Waals surface area contributed by atoms with Crippen LogP contribution in [-0.2, 0) is 28.9 Å². The lowest BCUT2D eigenvalue weighted by molar-refractivity contribution is -0.134. The van der Waals surface area contributed by atoms with Gasteiger partial charge in [-0.2, -0.15) is 0 Å². The number of benzene rings is 2. The third-order valence-electron chi connectivity index (χ3n) is 10.7. The zero-order chi connectivity index (χ0) is 38.2. The average Bonchev–Trinajstić information content (AvgIpc) is 3.71. The van der Waals surface area contributed by atoms with E-state index >= 15 is 0 Å². The average molecular weight is 758 g/mol. The van der Waals surface area contributed by atoms with Crippen molar-refractivity contribution in [1.82, 2.24) is 10.2 Å². The molecule has 0 bridgehead atoms. The van der Waals surface area contributed by atoms with Crippen LogP contribution in [0, 0.1) is 0 Å². The fourth-order valence-corrected chi connectivity index (χ4v) is 8.27. The van der Waals surface area contributed by atoms with E-state index in [4.69, 9.17) is 4.74 Å². The van der Waals surface area contributed by atoms with Gasteiger partial charge in [0, 0.05) is 48.1 Å². The van der Waals surface area contributed by atoms with Crippen molar-refractivity contribution in [2.75, 3.05) is 25.0 Å². The smallest absolute Gasteiger partial charge is 0.311 e. The van der Waals surface area contributed by atoms with Crippen LogP contribution in [0.25, 0.3) is 0 Å². The standard InChI is InChI=1S/C46H67N3O4S/c1-3-5-6-7-8-9-10-11-12-13-14-15-16-23-44(50)48-39-27-25-37(26-28-39)46(52)47-32-18-24-45(51)53-43-22-17-20-38-36-40(29-30-42(38)43)49(33-4-2)34-31-41-21-19-35-54-41/h17,19-22,25-28,35,40H,3-16,18,23-24,29-34,36H2,1-2H3,(H,47,52)(H,48,50)/t40-/m0/s1. The van der Waals surface area contributed by atoms with Crippen molar-refractivity contribution in [3.63, 3.8) is 0 Å². The maximum Gasteiger partial charge on any atom is 0.311 e. The first-order chi connectivity index (χ1) is 26.5. The van der Waals surface area contributed by atoms with E-state index in [1.165, 1.54) is 81.1 Å². The van der Waals surface area contributed by atoms with E-state index in [2.05, 4.69) is 53.0 Å². The van der Waals surface area contributed by atoms with Crippen LogP contribution in [0.1, 0.15) is 156 Å². The summed E-state index contributed by atoms with van der Waals surface area (Å²) in [5.41, 5.74) is 3.65. The third kappa shape index (κ3) is 16.1. The summed E-state index contributed by atoms with van der Waals surface area (Å²) in [4.78, 5) is 42.0. The lowest BCUT2D eigenvalue weighted by Crippen LogP contribution is -2.41. The highest BCUT2D eigenvalue weighted by Gasteiger charge is 2.26. The summed E-state index contributed by atoms with van der Waals surface area (Å²) in [6, 6.07) is 17.9. The molecule has 1 aliphatic carbocycles. The fourth-order valence-electron chi connectivity index (χ4n) is 7.58. The Labute approximate surface area is 330 Å². The molecule has 0 aliphatic heterocycles.